The Kier molecular flexibility index (Phi) is 24.4. The lowest BCUT2D eigenvalue weighted by molar-refractivity contribution is -0.122. The van der Waals surface area contributed by atoms with Gasteiger partial charge >= 0.3 is 0 Å². The number of aryl methyl sites for hydroxylation is 1. The molecule has 2 aliphatic heterocycles. The molecule has 0 aliphatic carbocycles. The number of likely N-dealkylation sites (tertiary alicyclic amines) is 2. The Morgan fingerprint density at radius 2 is 0.840 bits per heavy atom. The lowest BCUT2D eigenvalue weighted by atomic mass is 9.86. The minimum Gasteiger partial charge on any atom is -0.355 e. The van der Waals surface area contributed by atoms with Crippen LogP contribution in [0.25, 0.3) is 0 Å². The van der Waals surface area contributed by atoms with Gasteiger partial charge in [0, 0.05) is 46.3 Å². The molecule has 0 atom stereocenters. The van der Waals surface area contributed by atoms with Gasteiger partial charge in [-0.15, -0.1) is 0 Å². The van der Waals surface area contributed by atoms with Crippen molar-refractivity contribution in [3.63, 3.8) is 0 Å². The van der Waals surface area contributed by atoms with Crippen molar-refractivity contribution in [2.24, 2.45) is 11.8 Å². The van der Waals surface area contributed by atoms with Gasteiger partial charge in [0.15, 0.2) is 0 Å². The third kappa shape index (κ3) is 18.8. The van der Waals surface area contributed by atoms with Crippen LogP contribution in [-0.2, 0) is 19.2 Å². The second-order valence-corrected chi connectivity index (χ2v) is 22.6. The molecule has 2 saturated heterocycles. The predicted molar refractivity (Wildman–Crippen MR) is 323 cm³/mol. The number of nitrogens with one attached hydrogen (secondary N) is 4. The van der Waals surface area contributed by atoms with Crippen LogP contribution in [0.15, 0.2) is 133 Å². The molecule has 6 aromatic carbocycles. The van der Waals surface area contributed by atoms with Crippen LogP contribution in [0, 0.1) is 36.2 Å². The summed E-state index contributed by atoms with van der Waals surface area (Å²) in [6.45, 7) is 16.1. The first kappa shape index (κ1) is 63.7. The maximum absolute atomic E-state index is 14.6. The molecule has 2 heterocycles. The molecule has 15 heteroatoms. The van der Waals surface area contributed by atoms with Crippen LogP contribution >= 0.6 is 23.2 Å². The number of halogens is 5. The van der Waals surface area contributed by atoms with Gasteiger partial charge in [0.1, 0.15) is 17.5 Å². The van der Waals surface area contributed by atoms with Crippen molar-refractivity contribution >= 4 is 58.2 Å². The van der Waals surface area contributed by atoms with Gasteiger partial charge in [0.25, 0.3) is 0 Å². The van der Waals surface area contributed by atoms with Crippen molar-refractivity contribution < 1.29 is 32.3 Å². The Labute approximate surface area is 487 Å². The lowest BCUT2D eigenvalue weighted by Crippen LogP contribution is -2.36. The summed E-state index contributed by atoms with van der Waals surface area (Å²) < 4.78 is 41.6. The molecule has 2 aliphatic rings. The predicted octanol–water partition coefficient (Wildman–Crippen LogP) is 14.3. The number of hydrogen-bond acceptors (Lipinski definition) is 6. The van der Waals surface area contributed by atoms with Gasteiger partial charge in [-0.05, 0) is 214 Å². The van der Waals surface area contributed by atoms with E-state index in [1.807, 2.05) is 82.3 Å². The molecule has 6 aromatic rings. The number of carbonyl (C=O) groups is 4. The molecule has 0 bridgehead atoms. The van der Waals surface area contributed by atoms with E-state index in [1.165, 1.54) is 41.5 Å². The SMILES string of the molecule is C.CC(C)C(=O)Nc1ccc(F)c(C2CCN(CCCNC(=O)C(c3ccc(F)cc3)c3ccc(F)cc3)CC2)c1.Cc1ccc(NC(=O)C(C)C)cc1C1CCN(CCCNC(=O)C(c2ccc(Cl)cc2)c2ccc(Cl)cc2)CC1. The topological polar surface area (TPSA) is 123 Å². The number of carbonyl (C=O) groups excluding carboxylic acids is 4. The summed E-state index contributed by atoms with van der Waals surface area (Å²) in [5, 5.41) is 13.3. The largest absolute Gasteiger partial charge is 0.355 e. The zero-order valence-corrected chi connectivity index (χ0v) is 48.0. The average Bonchev–Trinajstić information content (AvgIpc) is 3.47. The van der Waals surface area contributed by atoms with Crippen LogP contribution in [0.3, 0.4) is 0 Å². The van der Waals surface area contributed by atoms with Crippen molar-refractivity contribution in [1.29, 1.82) is 0 Å². The van der Waals surface area contributed by atoms with Crippen LogP contribution in [-0.4, -0.2) is 85.8 Å². The maximum atomic E-state index is 14.6. The average molecular weight is 1150 g/mol. The number of benzene rings is 6. The summed E-state index contributed by atoms with van der Waals surface area (Å²) in [5.74, 6) is -2.05. The quantitative estimate of drug-likeness (QED) is 0.0565. The van der Waals surface area contributed by atoms with Crippen molar-refractivity contribution in [2.45, 2.75) is 104 Å². The third-order valence-corrected chi connectivity index (χ3v) is 15.7. The highest BCUT2D eigenvalue weighted by Crippen LogP contribution is 2.34. The molecular weight excluding hydrogens is 1070 g/mol. The summed E-state index contributed by atoms with van der Waals surface area (Å²) in [7, 11) is 0. The van der Waals surface area contributed by atoms with Crippen molar-refractivity contribution in [3.05, 3.63) is 200 Å². The Bertz CT molecular complexity index is 2690. The highest BCUT2D eigenvalue weighted by molar-refractivity contribution is 6.30. The van der Waals surface area contributed by atoms with E-state index < -0.39 is 11.8 Å². The first-order chi connectivity index (χ1) is 38.4. The summed E-state index contributed by atoms with van der Waals surface area (Å²) in [6.07, 6.45) is 5.42. The molecule has 4 amide bonds. The Morgan fingerprint density at radius 3 is 1.22 bits per heavy atom. The van der Waals surface area contributed by atoms with E-state index in [2.05, 4.69) is 50.1 Å². The smallest absolute Gasteiger partial charge is 0.232 e. The molecular formula is C66H79Cl2F3N6O4. The van der Waals surface area contributed by atoms with Crippen LogP contribution in [0.5, 0.6) is 0 Å². The van der Waals surface area contributed by atoms with E-state index in [-0.39, 0.29) is 66.3 Å². The van der Waals surface area contributed by atoms with Crippen LogP contribution in [0.2, 0.25) is 10.0 Å². The molecule has 2 fully saturated rings. The van der Waals surface area contributed by atoms with E-state index in [0.29, 0.717) is 51.4 Å². The normalized spacial score (nSPS) is 14.3. The molecule has 8 rings (SSSR count). The van der Waals surface area contributed by atoms with Crippen molar-refractivity contribution in [1.82, 2.24) is 20.4 Å². The first-order valence-electron chi connectivity index (χ1n) is 28.0. The zero-order chi connectivity index (χ0) is 57.3. The van der Waals surface area contributed by atoms with Gasteiger partial charge in [-0.2, -0.15) is 0 Å². The monoisotopic (exact) mass is 1150 g/mol. The second kappa shape index (κ2) is 31.1. The fourth-order valence-electron chi connectivity index (χ4n) is 10.4. The second-order valence-electron chi connectivity index (χ2n) is 21.7. The lowest BCUT2D eigenvalue weighted by Gasteiger charge is -2.33. The summed E-state index contributed by atoms with van der Waals surface area (Å²) >= 11 is 12.2. The number of anilines is 2. The molecule has 0 radical (unpaired) electrons. The maximum Gasteiger partial charge on any atom is 0.232 e. The molecule has 10 nitrogen and oxygen atoms in total. The summed E-state index contributed by atoms with van der Waals surface area (Å²) in [6, 6.07) is 37.5. The highest BCUT2D eigenvalue weighted by atomic mass is 35.5. The number of hydrogen-bond donors (Lipinski definition) is 4. The minimum atomic E-state index is -0.673. The highest BCUT2D eigenvalue weighted by Gasteiger charge is 2.27. The van der Waals surface area contributed by atoms with E-state index in [9.17, 15) is 32.3 Å². The number of amides is 4. The van der Waals surface area contributed by atoms with Gasteiger partial charge in [0.05, 0.1) is 11.8 Å². The summed E-state index contributed by atoms with van der Waals surface area (Å²) in [4.78, 5) is 55.4. The Balaban J connectivity index is 0.000000258. The van der Waals surface area contributed by atoms with Gasteiger partial charge < -0.3 is 31.1 Å². The number of piperidine rings is 2. The van der Waals surface area contributed by atoms with Crippen LogP contribution in [0.4, 0.5) is 24.5 Å². The summed E-state index contributed by atoms with van der Waals surface area (Å²) in [5.41, 5.74) is 7.81. The first-order valence-corrected chi connectivity index (χ1v) is 28.7. The van der Waals surface area contributed by atoms with E-state index in [4.69, 9.17) is 23.2 Å². The molecule has 4 N–H and O–H groups in total. The molecule has 0 saturated carbocycles. The fourth-order valence-corrected chi connectivity index (χ4v) is 10.7. The fraction of sp³-hybridized carbons (Fsp3) is 0.394. The number of rotatable bonds is 20. The molecule has 0 aromatic heterocycles. The Hall–Kier alpha value is -6.51. The van der Waals surface area contributed by atoms with Crippen molar-refractivity contribution in [3.8, 4) is 0 Å². The van der Waals surface area contributed by atoms with Gasteiger partial charge in [0.2, 0.25) is 23.6 Å². The van der Waals surface area contributed by atoms with Gasteiger partial charge in [-0.3, -0.25) is 19.2 Å². The third-order valence-electron chi connectivity index (χ3n) is 15.2. The molecule has 0 spiro atoms. The Morgan fingerprint density at radius 1 is 0.494 bits per heavy atom. The van der Waals surface area contributed by atoms with E-state index in [0.717, 1.165) is 94.6 Å². The van der Waals surface area contributed by atoms with E-state index in [1.54, 1.807) is 36.4 Å². The molecule has 432 valence electrons. The van der Waals surface area contributed by atoms with Gasteiger partial charge in [-0.1, -0.05) is 113 Å². The van der Waals surface area contributed by atoms with Crippen molar-refractivity contribution in [2.75, 3.05) is 63.0 Å². The minimum absolute atomic E-state index is 0. The zero-order valence-electron chi connectivity index (χ0n) is 46.5. The van der Waals surface area contributed by atoms with Crippen LogP contribution in [0.1, 0.15) is 136 Å². The standard InChI is InChI=1S/C33H39Cl2N3O2.C32H36F3N3O2.CH4/c1-22(2)32(39)37-29-14-5-23(3)30(21-29)24-15-19-38(20-16-24)18-4-17-36-33(40)31(25-6-10-27(34)11-7-25)26-8-12-28(35)13-9-26;1-21(2)31(39)37-27-12-13-29(35)28(20-27)22-14-18-38(19-15-22)17-3-16-36-32(40)30(23-4-8-25(33)9-5-23)24-6-10-26(34)11-7-24;/h5-14,21-22,24,31H,4,15-20H2,1-3H3,(H,36,40)(H,37,39);4-13,20-22,30H,3,14-19H2,1-2H3,(H,36,40)(H,37,39);1H4. The van der Waals surface area contributed by atoms with E-state index >= 15 is 0 Å². The van der Waals surface area contributed by atoms with Crippen LogP contribution < -0.4 is 21.3 Å². The van der Waals surface area contributed by atoms with Gasteiger partial charge in [-0.25, -0.2) is 13.2 Å². The molecule has 81 heavy (non-hydrogen) atoms. The number of nitrogens with zero attached hydrogens (tertiary/aromatic N) is 2. The molecule has 0 unspecified atom stereocenters.